The van der Waals surface area contributed by atoms with Gasteiger partial charge in [0, 0.05) is 36.6 Å². The molecule has 1 aliphatic rings. The summed E-state index contributed by atoms with van der Waals surface area (Å²) in [5.41, 5.74) is 2.55. The van der Waals surface area contributed by atoms with Crippen LogP contribution in [-0.2, 0) is 4.79 Å². The number of nitrogens with zero attached hydrogens (tertiary/aromatic N) is 2. The zero-order valence-electron chi connectivity index (χ0n) is 18.6. The fourth-order valence-corrected chi connectivity index (χ4v) is 3.54. The topological polar surface area (TPSA) is 80.3 Å². The van der Waals surface area contributed by atoms with E-state index in [1.807, 2.05) is 24.3 Å². The number of hydrogen-bond donors (Lipinski definition) is 1. The predicted molar refractivity (Wildman–Crippen MR) is 120 cm³/mol. The summed E-state index contributed by atoms with van der Waals surface area (Å²) in [6, 6.07) is 11.1. The summed E-state index contributed by atoms with van der Waals surface area (Å²) >= 11 is 0. The Kier molecular flexibility index (Phi) is 6.89. The molecular weight excluding hydrogens is 398 g/mol. The van der Waals surface area contributed by atoms with E-state index < -0.39 is 0 Å². The standard InChI is InChI=1S/C23H29N3O5/c1-15(2)16-6-8-18(9-7-16)26-11-10-25(23(26)28)14-21(27)24-17-12-19(29-3)22(31-5)20(13-17)30-4/h6-9,12-13,15H,10-11,14H2,1-5H3,(H,24,27). The van der Waals surface area contributed by atoms with Crippen LogP contribution in [0.3, 0.4) is 0 Å². The molecule has 0 atom stereocenters. The van der Waals surface area contributed by atoms with E-state index in [2.05, 4.69) is 19.2 Å². The van der Waals surface area contributed by atoms with Crippen molar-refractivity contribution in [1.29, 1.82) is 0 Å². The molecule has 1 aliphatic heterocycles. The van der Waals surface area contributed by atoms with Crippen LogP contribution in [0.4, 0.5) is 16.2 Å². The minimum atomic E-state index is -0.306. The molecule has 0 spiro atoms. The maximum absolute atomic E-state index is 12.8. The van der Waals surface area contributed by atoms with Gasteiger partial charge in [-0.2, -0.15) is 0 Å². The molecular formula is C23H29N3O5. The van der Waals surface area contributed by atoms with Crippen molar-refractivity contribution in [3.8, 4) is 17.2 Å². The molecule has 0 aliphatic carbocycles. The van der Waals surface area contributed by atoms with Gasteiger partial charge < -0.3 is 24.4 Å². The highest BCUT2D eigenvalue weighted by molar-refractivity contribution is 5.99. The first-order chi connectivity index (χ1) is 14.9. The molecule has 0 unspecified atom stereocenters. The third kappa shape index (κ3) is 4.84. The predicted octanol–water partition coefficient (Wildman–Crippen LogP) is 3.72. The second-order valence-electron chi connectivity index (χ2n) is 7.56. The molecule has 8 nitrogen and oxygen atoms in total. The molecule has 1 heterocycles. The highest BCUT2D eigenvalue weighted by Gasteiger charge is 2.31. The van der Waals surface area contributed by atoms with Crippen LogP contribution in [0, 0.1) is 0 Å². The number of carbonyl (C=O) groups excluding carboxylic acids is 2. The van der Waals surface area contributed by atoms with Gasteiger partial charge in [0.1, 0.15) is 6.54 Å². The molecule has 1 N–H and O–H groups in total. The Morgan fingerprint density at radius 2 is 1.61 bits per heavy atom. The SMILES string of the molecule is COc1cc(NC(=O)CN2CCN(c3ccc(C(C)C)cc3)C2=O)cc(OC)c1OC. The average Bonchev–Trinajstić information content (AvgIpc) is 3.12. The van der Waals surface area contributed by atoms with Crippen LogP contribution in [0.25, 0.3) is 0 Å². The molecule has 3 amide bonds. The fourth-order valence-electron chi connectivity index (χ4n) is 3.54. The number of urea groups is 1. The van der Waals surface area contributed by atoms with E-state index in [1.54, 1.807) is 17.0 Å². The zero-order valence-corrected chi connectivity index (χ0v) is 18.6. The summed E-state index contributed by atoms with van der Waals surface area (Å²) in [6.07, 6.45) is 0. The van der Waals surface area contributed by atoms with Gasteiger partial charge in [-0.25, -0.2) is 4.79 Å². The second kappa shape index (κ2) is 9.59. The molecule has 0 aromatic heterocycles. The van der Waals surface area contributed by atoms with Gasteiger partial charge in [-0.1, -0.05) is 26.0 Å². The third-order valence-electron chi connectivity index (χ3n) is 5.25. The highest BCUT2D eigenvalue weighted by Crippen LogP contribution is 2.39. The van der Waals surface area contributed by atoms with Crippen molar-refractivity contribution in [2.45, 2.75) is 19.8 Å². The van der Waals surface area contributed by atoms with Crippen molar-refractivity contribution in [1.82, 2.24) is 4.90 Å². The average molecular weight is 428 g/mol. The molecule has 1 fully saturated rings. The van der Waals surface area contributed by atoms with Gasteiger partial charge in [0.05, 0.1) is 21.3 Å². The summed E-state index contributed by atoms with van der Waals surface area (Å²) in [7, 11) is 4.53. The highest BCUT2D eigenvalue weighted by atomic mass is 16.5. The number of rotatable bonds is 8. The number of anilines is 2. The Morgan fingerprint density at radius 1 is 1.00 bits per heavy atom. The molecule has 166 valence electrons. The number of carbonyl (C=O) groups is 2. The monoisotopic (exact) mass is 427 g/mol. The number of benzene rings is 2. The van der Waals surface area contributed by atoms with Crippen molar-refractivity contribution in [3.63, 3.8) is 0 Å². The molecule has 2 aromatic rings. The Bertz CT molecular complexity index is 918. The maximum Gasteiger partial charge on any atom is 0.325 e. The molecule has 2 aromatic carbocycles. The zero-order chi connectivity index (χ0) is 22.5. The molecule has 8 heteroatoms. The lowest BCUT2D eigenvalue weighted by molar-refractivity contribution is -0.116. The molecule has 31 heavy (non-hydrogen) atoms. The minimum Gasteiger partial charge on any atom is -0.493 e. The number of hydrogen-bond acceptors (Lipinski definition) is 5. The molecule has 0 radical (unpaired) electrons. The third-order valence-corrected chi connectivity index (χ3v) is 5.25. The van der Waals surface area contributed by atoms with Gasteiger partial charge in [-0.05, 0) is 23.6 Å². The van der Waals surface area contributed by atoms with Crippen LogP contribution in [0.2, 0.25) is 0 Å². The van der Waals surface area contributed by atoms with Crippen molar-refractivity contribution in [2.24, 2.45) is 0 Å². The first kappa shape index (κ1) is 22.3. The van der Waals surface area contributed by atoms with E-state index in [0.717, 1.165) is 5.69 Å². The summed E-state index contributed by atoms with van der Waals surface area (Å²) in [6.45, 7) is 5.23. The van der Waals surface area contributed by atoms with Crippen LogP contribution in [-0.4, -0.2) is 57.8 Å². The van der Waals surface area contributed by atoms with Gasteiger partial charge in [0.25, 0.3) is 0 Å². The van der Waals surface area contributed by atoms with E-state index in [0.29, 0.717) is 41.9 Å². The lowest BCUT2D eigenvalue weighted by atomic mass is 10.0. The van der Waals surface area contributed by atoms with Crippen molar-refractivity contribution in [3.05, 3.63) is 42.0 Å². The fraction of sp³-hybridized carbons (Fsp3) is 0.391. The normalized spacial score (nSPS) is 13.5. The molecule has 3 rings (SSSR count). The summed E-state index contributed by atoms with van der Waals surface area (Å²) in [4.78, 5) is 28.6. The van der Waals surface area contributed by atoms with E-state index in [-0.39, 0.29) is 18.5 Å². The van der Waals surface area contributed by atoms with Crippen molar-refractivity contribution >= 4 is 23.3 Å². The second-order valence-corrected chi connectivity index (χ2v) is 7.56. The van der Waals surface area contributed by atoms with Crippen LogP contribution >= 0.6 is 0 Å². The maximum atomic E-state index is 12.8. The first-order valence-electron chi connectivity index (χ1n) is 10.1. The molecule has 0 saturated carbocycles. The Labute approximate surface area is 182 Å². The minimum absolute atomic E-state index is 0.0456. The summed E-state index contributed by atoms with van der Waals surface area (Å²) in [5.74, 6) is 1.44. The lowest BCUT2D eigenvalue weighted by Gasteiger charge is -2.19. The van der Waals surface area contributed by atoms with Crippen molar-refractivity contribution in [2.75, 3.05) is 51.2 Å². The summed E-state index contributed by atoms with van der Waals surface area (Å²) in [5, 5.41) is 2.80. The van der Waals surface area contributed by atoms with Gasteiger partial charge >= 0.3 is 6.03 Å². The summed E-state index contributed by atoms with van der Waals surface area (Å²) < 4.78 is 15.9. The van der Waals surface area contributed by atoms with E-state index in [4.69, 9.17) is 14.2 Å². The first-order valence-corrected chi connectivity index (χ1v) is 10.1. The van der Waals surface area contributed by atoms with Crippen LogP contribution in [0.15, 0.2) is 36.4 Å². The number of methoxy groups -OCH3 is 3. The van der Waals surface area contributed by atoms with Crippen molar-refractivity contribution < 1.29 is 23.8 Å². The smallest absolute Gasteiger partial charge is 0.325 e. The Balaban J connectivity index is 1.65. The Morgan fingerprint density at radius 3 is 2.13 bits per heavy atom. The van der Waals surface area contributed by atoms with Crippen LogP contribution < -0.4 is 24.4 Å². The van der Waals surface area contributed by atoms with Gasteiger partial charge in [-0.15, -0.1) is 0 Å². The number of amides is 3. The van der Waals surface area contributed by atoms with Gasteiger partial charge in [0.2, 0.25) is 11.7 Å². The van der Waals surface area contributed by atoms with Crippen LogP contribution in [0.5, 0.6) is 17.2 Å². The van der Waals surface area contributed by atoms with Gasteiger partial charge in [-0.3, -0.25) is 9.69 Å². The Hall–Kier alpha value is -3.42. The van der Waals surface area contributed by atoms with E-state index >= 15 is 0 Å². The number of nitrogens with one attached hydrogen (secondary N) is 1. The van der Waals surface area contributed by atoms with E-state index in [9.17, 15) is 9.59 Å². The molecule has 0 bridgehead atoms. The quantitative estimate of drug-likeness (QED) is 0.695. The largest absolute Gasteiger partial charge is 0.493 e. The lowest BCUT2D eigenvalue weighted by Crippen LogP contribution is -2.37. The van der Waals surface area contributed by atoms with Gasteiger partial charge in [0.15, 0.2) is 11.5 Å². The molecule has 1 saturated heterocycles. The van der Waals surface area contributed by atoms with E-state index in [1.165, 1.54) is 31.8 Å². The van der Waals surface area contributed by atoms with Crippen LogP contribution in [0.1, 0.15) is 25.3 Å². The number of ether oxygens (including phenoxy) is 3.